The number of anilines is 3. The summed E-state index contributed by atoms with van der Waals surface area (Å²) in [5.41, 5.74) is 18.0. The Bertz CT molecular complexity index is 3820. The van der Waals surface area contributed by atoms with Gasteiger partial charge in [-0.05, 0) is 126 Å². The van der Waals surface area contributed by atoms with E-state index >= 15 is 0 Å². The van der Waals surface area contributed by atoms with Crippen LogP contribution in [0.1, 0.15) is 22.3 Å². The Labute approximate surface area is 396 Å². The molecule has 0 spiro atoms. The number of rotatable bonds is 8. The number of aromatic nitrogens is 1. The molecule has 0 fully saturated rings. The molecule has 0 aliphatic heterocycles. The second kappa shape index (κ2) is 16.2. The van der Waals surface area contributed by atoms with Crippen molar-refractivity contribution in [2.45, 2.75) is 5.41 Å². The van der Waals surface area contributed by atoms with Gasteiger partial charge in [0.15, 0.2) is 0 Å². The molecule has 1 aromatic heterocycles. The molecule has 11 aromatic carbocycles. The number of hydrogen-bond donors (Lipinski definition) is 0. The molecule has 1 aliphatic carbocycles. The van der Waals surface area contributed by atoms with E-state index in [4.69, 9.17) is 4.98 Å². The first-order valence-electron chi connectivity index (χ1n) is 23.4. The van der Waals surface area contributed by atoms with Crippen LogP contribution in [0.5, 0.6) is 0 Å². The van der Waals surface area contributed by atoms with Crippen molar-refractivity contribution in [2.75, 3.05) is 4.90 Å². The van der Waals surface area contributed by atoms with Gasteiger partial charge in [0, 0.05) is 28.0 Å². The molecule has 12 aromatic rings. The van der Waals surface area contributed by atoms with Crippen molar-refractivity contribution in [1.29, 1.82) is 0 Å². The van der Waals surface area contributed by atoms with Gasteiger partial charge in [-0.2, -0.15) is 0 Å². The van der Waals surface area contributed by atoms with E-state index in [1.165, 1.54) is 71.6 Å². The van der Waals surface area contributed by atoms with E-state index < -0.39 is 5.41 Å². The summed E-state index contributed by atoms with van der Waals surface area (Å²) in [6.07, 6.45) is 0. The highest BCUT2D eigenvalue weighted by molar-refractivity contribution is 6.10. The highest BCUT2D eigenvalue weighted by atomic mass is 15.1. The summed E-state index contributed by atoms with van der Waals surface area (Å²) in [4.78, 5) is 7.83. The largest absolute Gasteiger partial charge is 0.310 e. The van der Waals surface area contributed by atoms with Crippen molar-refractivity contribution in [1.82, 2.24) is 4.98 Å². The predicted octanol–water partition coefficient (Wildman–Crippen LogP) is 17.4. The van der Waals surface area contributed by atoms with Crippen molar-refractivity contribution < 1.29 is 0 Å². The number of para-hydroxylation sites is 1. The van der Waals surface area contributed by atoms with E-state index in [1.807, 2.05) is 0 Å². The minimum absolute atomic E-state index is 0.532. The van der Waals surface area contributed by atoms with Crippen LogP contribution in [0.3, 0.4) is 0 Å². The molecule has 0 N–H and O–H groups in total. The molecule has 0 saturated carbocycles. The van der Waals surface area contributed by atoms with Crippen LogP contribution >= 0.6 is 0 Å². The first kappa shape index (κ1) is 39.5. The van der Waals surface area contributed by atoms with E-state index in [2.05, 4.69) is 272 Å². The third kappa shape index (κ3) is 6.37. The Morgan fingerprint density at radius 2 is 0.838 bits per heavy atom. The number of pyridine rings is 1. The van der Waals surface area contributed by atoms with Crippen molar-refractivity contribution in [3.8, 4) is 44.6 Å². The van der Waals surface area contributed by atoms with Gasteiger partial charge in [-0.25, -0.2) is 4.98 Å². The van der Waals surface area contributed by atoms with Gasteiger partial charge in [0.2, 0.25) is 0 Å². The Kier molecular flexibility index (Phi) is 9.43. The lowest BCUT2D eigenvalue weighted by molar-refractivity contribution is 0.768. The predicted molar refractivity (Wildman–Crippen MR) is 285 cm³/mol. The SMILES string of the molecule is c1ccc(-c2ccc(-c3cc(-c4cccc(N(c5ccc6c(c5)C(c5ccccc5)(c5ccccc5)c5ccccc5-6)c5ccc6ccccc6c5)c4)nc4ccccc34)c3ccccc23)cc1. The minimum atomic E-state index is -0.532. The van der Waals surface area contributed by atoms with Crippen molar-refractivity contribution in [2.24, 2.45) is 0 Å². The van der Waals surface area contributed by atoms with Crippen molar-refractivity contribution in [3.63, 3.8) is 0 Å². The highest BCUT2D eigenvalue weighted by Gasteiger charge is 2.46. The molecule has 13 rings (SSSR count). The Hall–Kier alpha value is -8.85. The van der Waals surface area contributed by atoms with Gasteiger partial charge in [-0.15, -0.1) is 0 Å². The lowest BCUT2D eigenvalue weighted by Gasteiger charge is -2.35. The summed E-state index contributed by atoms with van der Waals surface area (Å²) in [6.45, 7) is 0. The smallest absolute Gasteiger partial charge is 0.0716 e. The first-order valence-corrected chi connectivity index (χ1v) is 23.4. The number of nitrogens with zero attached hydrogens (tertiary/aromatic N) is 2. The van der Waals surface area contributed by atoms with Crippen molar-refractivity contribution in [3.05, 3.63) is 289 Å². The van der Waals surface area contributed by atoms with Gasteiger partial charge in [0.1, 0.15) is 0 Å². The van der Waals surface area contributed by atoms with Gasteiger partial charge in [-0.3, -0.25) is 0 Å². The number of hydrogen-bond acceptors (Lipinski definition) is 2. The maximum atomic E-state index is 5.40. The molecule has 0 amide bonds. The van der Waals surface area contributed by atoms with Gasteiger partial charge >= 0.3 is 0 Å². The summed E-state index contributed by atoms with van der Waals surface area (Å²) < 4.78 is 0. The third-order valence-corrected chi connectivity index (χ3v) is 14.1. The van der Waals surface area contributed by atoms with Gasteiger partial charge in [0.25, 0.3) is 0 Å². The number of benzene rings is 11. The molecule has 318 valence electrons. The topological polar surface area (TPSA) is 16.1 Å². The zero-order valence-electron chi connectivity index (χ0n) is 37.3. The van der Waals surface area contributed by atoms with Crippen LogP contribution in [-0.4, -0.2) is 4.98 Å². The van der Waals surface area contributed by atoms with E-state index in [0.29, 0.717) is 0 Å². The summed E-state index contributed by atoms with van der Waals surface area (Å²) >= 11 is 0. The van der Waals surface area contributed by atoms with Gasteiger partial charge in [0.05, 0.1) is 16.6 Å². The Morgan fingerprint density at radius 3 is 1.62 bits per heavy atom. The number of fused-ring (bicyclic) bond motifs is 6. The molecular weight excluding hydrogens is 821 g/mol. The lowest BCUT2D eigenvalue weighted by Crippen LogP contribution is -2.28. The van der Waals surface area contributed by atoms with E-state index in [1.54, 1.807) is 0 Å². The summed E-state index contributed by atoms with van der Waals surface area (Å²) in [5, 5.41) is 5.97. The summed E-state index contributed by atoms with van der Waals surface area (Å²) in [7, 11) is 0. The van der Waals surface area contributed by atoms with Crippen LogP contribution in [0, 0.1) is 0 Å². The Balaban J connectivity index is 1.01. The fourth-order valence-electron chi connectivity index (χ4n) is 11.1. The zero-order valence-corrected chi connectivity index (χ0v) is 37.3. The molecule has 2 nitrogen and oxygen atoms in total. The van der Waals surface area contributed by atoms with Crippen LogP contribution in [0.4, 0.5) is 17.1 Å². The summed E-state index contributed by atoms with van der Waals surface area (Å²) in [5.74, 6) is 0. The molecule has 0 saturated heterocycles. The van der Waals surface area contributed by atoms with E-state index in [9.17, 15) is 0 Å². The van der Waals surface area contributed by atoms with Crippen LogP contribution < -0.4 is 4.90 Å². The van der Waals surface area contributed by atoms with E-state index in [0.717, 1.165) is 44.8 Å². The van der Waals surface area contributed by atoms with Crippen LogP contribution in [0.25, 0.3) is 77.1 Å². The molecule has 2 heteroatoms. The molecule has 0 atom stereocenters. The average molecular weight is 865 g/mol. The quantitative estimate of drug-likeness (QED) is 0.151. The average Bonchev–Trinajstić information content (AvgIpc) is 3.71. The Morgan fingerprint density at radius 1 is 0.294 bits per heavy atom. The fourth-order valence-corrected chi connectivity index (χ4v) is 11.1. The van der Waals surface area contributed by atoms with Crippen LogP contribution in [-0.2, 0) is 5.41 Å². The molecule has 1 heterocycles. The highest BCUT2D eigenvalue weighted by Crippen LogP contribution is 2.57. The summed E-state index contributed by atoms with van der Waals surface area (Å²) in [6, 6.07) is 97.5. The molecule has 0 unspecified atom stereocenters. The maximum Gasteiger partial charge on any atom is 0.0716 e. The van der Waals surface area contributed by atoms with Crippen LogP contribution in [0.15, 0.2) is 267 Å². The van der Waals surface area contributed by atoms with E-state index in [-0.39, 0.29) is 0 Å². The standard InChI is InChI=1S/C66H44N2/c1-4-20-46(21-5-1)54-39-40-57(56-30-13-12-29-55(54)56)61-44-65(67-64-34-17-15-32-60(61)64)48-23-18-28-51(42-48)68(52-36-35-45-19-10-11-22-47(45)41-52)53-37-38-59-58-31-14-16-33-62(58)66(63(59)43-53,49-24-6-2-7-25-49)50-26-8-3-9-27-50/h1-44H. The van der Waals surface area contributed by atoms with Gasteiger partial charge < -0.3 is 4.90 Å². The lowest BCUT2D eigenvalue weighted by atomic mass is 9.67. The molecule has 0 radical (unpaired) electrons. The molecule has 1 aliphatic rings. The minimum Gasteiger partial charge on any atom is -0.310 e. The zero-order chi connectivity index (χ0) is 45.0. The monoisotopic (exact) mass is 864 g/mol. The van der Waals surface area contributed by atoms with Crippen molar-refractivity contribution >= 4 is 49.5 Å². The van der Waals surface area contributed by atoms with Gasteiger partial charge in [-0.1, -0.05) is 218 Å². The fraction of sp³-hybridized carbons (Fsp3) is 0.0152. The second-order valence-corrected chi connectivity index (χ2v) is 17.8. The third-order valence-electron chi connectivity index (χ3n) is 14.1. The molecule has 0 bridgehead atoms. The second-order valence-electron chi connectivity index (χ2n) is 17.8. The van der Waals surface area contributed by atoms with Crippen LogP contribution in [0.2, 0.25) is 0 Å². The molecular formula is C66H44N2. The normalized spacial score (nSPS) is 12.5. The maximum absolute atomic E-state index is 5.40. The first-order chi connectivity index (χ1) is 33.7. The molecule has 68 heavy (non-hydrogen) atoms.